The molecular weight excluding hydrogens is 433 g/mol. The lowest BCUT2D eigenvalue weighted by Gasteiger charge is -2.16. The molecule has 0 atom stereocenters. The van der Waals surface area contributed by atoms with E-state index in [2.05, 4.69) is 19.9 Å². The third-order valence-corrected chi connectivity index (χ3v) is 5.96. The maximum absolute atomic E-state index is 11.4. The van der Waals surface area contributed by atoms with Crippen molar-refractivity contribution in [2.75, 3.05) is 21.1 Å². The highest BCUT2D eigenvalue weighted by molar-refractivity contribution is 7.46. The Bertz CT molecular complexity index is 628. The van der Waals surface area contributed by atoms with Gasteiger partial charge < -0.3 is 9.42 Å². The molecule has 0 unspecified atom stereocenters. The quantitative estimate of drug-likeness (QED) is 0.163. The molecule has 0 fully saturated rings. The SMILES string of the molecule is CCCCCCCCCc1cccc(OP(=O)(O)O)c1CCCCCCCCC.CN(C)C. The summed E-state index contributed by atoms with van der Waals surface area (Å²) in [4.78, 5) is 20.6. The second-order valence-corrected chi connectivity index (χ2v) is 10.7. The van der Waals surface area contributed by atoms with Gasteiger partial charge in [0.25, 0.3) is 0 Å². The van der Waals surface area contributed by atoms with Gasteiger partial charge in [0.2, 0.25) is 0 Å². The van der Waals surface area contributed by atoms with Crippen LogP contribution in [0.25, 0.3) is 0 Å². The first-order chi connectivity index (χ1) is 15.7. The van der Waals surface area contributed by atoms with Crippen molar-refractivity contribution < 1.29 is 18.9 Å². The zero-order valence-corrected chi connectivity index (χ0v) is 23.0. The molecule has 0 aliphatic heterocycles. The monoisotopic (exact) mass is 485 g/mol. The van der Waals surface area contributed by atoms with Gasteiger partial charge in [-0.2, -0.15) is 0 Å². The molecule has 0 spiro atoms. The highest BCUT2D eigenvalue weighted by atomic mass is 31.2. The standard InChI is InChI=1S/C24H43O4P.C3H9N/c1-3-5-7-9-11-13-15-18-22-19-17-21-24(28-29(25,26)27)23(22)20-16-14-12-10-8-6-4-2;1-4(2)3/h17,19,21H,3-16,18,20H2,1-2H3,(H2,25,26,27);1-3H3. The molecule has 0 bridgehead atoms. The summed E-state index contributed by atoms with van der Waals surface area (Å²) >= 11 is 0. The van der Waals surface area contributed by atoms with Crippen molar-refractivity contribution in [1.82, 2.24) is 4.90 Å². The Labute approximate surface area is 204 Å². The van der Waals surface area contributed by atoms with Gasteiger partial charge >= 0.3 is 7.82 Å². The summed E-state index contributed by atoms with van der Waals surface area (Å²) in [7, 11) is 1.46. The first kappa shape index (κ1) is 32.1. The zero-order chi connectivity index (χ0) is 25.0. The summed E-state index contributed by atoms with van der Waals surface area (Å²) < 4.78 is 16.4. The fraction of sp³-hybridized carbons (Fsp3) is 0.778. The van der Waals surface area contributed by atoms with E-state index in [0.717, 1.165) is 37.7 Å². The van der Waals surface area contributed by atoms with Crippen molar-refractivity contribution in [1.29, 1.82) is 0 Å². The van der Waals surface area contributed by atoms with E-state index in [-0.39, 0.29) is 0 Å². The largest absolute Gasteiger partial charge is 0.524 e. The van der Waals surface area contributed by atoms with Gasteiger partial charge in [-0.25, -0.2) is 4.57 Å². The Kier molecular flexibility index (Phi) is 20.0. The summed E-state index contributed by atoms with van der Waals surface area (Å²) in [6, 6.07) is 5.65. The average molecular weight is 486 g/mol. The number of rotatable bonds is 18. The zero-order valence-electron chi connectivity index (χ0n) is 22.2. The van der Waals surface area contributed by atoms with E-state index in [1.807, 2.05) is 32.1 Å². The molecule has 194 valence electrons. The highest BCUT2D eigenvalue weighted by Gasteiger charge is 2.19. The van der Waals surface area contributed by atoms with Gasteiger partial charge in [0.1, 0.15) is 5.75 Å². The Morgan fingerprint density at radius 1 is 0.727 bits per heavy atom. The lowest BCUT2D eigenvalue weighted by molar-refractivity contribution is 0.282. The molecular formula is C27H52NO4P. The summed E-state index contributed by atoms with van der Waals surface area (Å²) in [6.07, 6.45) is 19.2. The second kappa shape index (κ2) is 20.5. The number of unbranched alkanes of at least 4 members (excludes halogenated alkanes) is 12. The Balaban J connectivity index is 0.00000235. The first-order valence-electron chi connectivity index (χ1n) is 13.2. The molecule has 0 heterocycles. The van der Waals surface area contributed by atoms with Crippen molar-refractivity contribution in [2.24, 2.45) is 0 Å². The van der Waals surface area contributed by atoms with Crippen LogP contribution < -0.4 is 4.52 Å². The number of hydrogen-bond acceptors (Lipinski definition) is 3. The molecule has 0 amide bonds. The molecule has 6 heteroatoms. The first-order valence-corrected chi connectivity index (χ1v) is 14.7. The fourth-order valence-electron chi connectivity index (χ4n) is 3.87. The van der Waals surface area contributed by atoms with Gasteiger partial charge in [-0.3, -0.25) is 9.79 Å². The normalized spacial score (nSPS) is 11.4. The summed E-state index contributed by atoms with van der Waals surface area (Å²) in [5.41, 5.74) is 2.19. The van der Waals surface area contributed by atoms with Crippen LogP contribution in [-0.4, -0.2) is 35.8 Å². The number of phosphoric ester groups is 1. The van der Waals surface area contributed by atoms with Crippen molar-refractivity contribution in [3.8, 4) is 5.75 Å². The van der Waals surface area contributed by atoms with Crippen LogP contribution in [0.5, 0.6) is 5.75 Å². The molecule has 0 aliphatic rings. The van der Waals surface area contributed by atoms with Gasteiger partial charge in [0.15, 0.2) is 0 Å². The van der Waals surface area contributed by atoms with E-state index >= 15 is 0 Å². The number of benzene rings is 1. The van der Waals surface area contributed by atoms with Crippen LogP contribution in [0.2, 0.25) is 0 Å². The van der Waals surface area contributed by atoms with Crippen LogP contribution in [0.3, 0.4) is 0 Å². The topological polar surface area (TPSA) is 70.0 Å². The Morgan fingerprint density at radius 3 is 1.61 bits per heavy atom. The maximum Gasteiger partial charge on any atom is 0.524 e. The molecule has 1 aromatic carbocycles. The van der Waals surface area contributed by atoms with Gasteiger partial charge in [0.05, 0.1) is 0 Å². The molecule has 2 N–H and O–H groups in total. The van der Waals surface area contributed by atoms with Crippen LogP contribution in [0.4, 0.5) is 0 Å². The minimum Gasteiger partial charge on any atom is -0.404 e. The lowest BCUT2D eigenvalue weighted by Crippen LogP contribution is -2.01. The average Bonchev–Trinajstić information content (AvgIpc) is 2.72. The van der Waals surface area contributed by atoms with Crippen molar-refractivity contribution in [3.05, 3.63) is 29.3 Å². The molecule has 1 rings (SSSR count). The van der Waals surface area contributed by atoms with Crippen molar-refractivity contribution in [3.63, 3.8) is 0 Å². The van der Waals surface area contributed by atoms with E-state index in [9.17, 15) is 14.4 Å². The van der Waals surface area contributed by atoms with Crippen LogP contribution in [-0.2, 0) is 17.4 Å². The molecule has 1 aromatic rings. The number of nitrogens with zero attached hydrogens (tertiary/aromatic N) is 1. The second-order valence-electron chi connectivity index (χ2n) is 9.56. The fourth-order valence-corrected chi connectivity index (χ4v) is 4.30. The molecule has 0 saturated carbocycles. The van der Waals surface area contributed by atoms with Crippen molar-refractivity contribution in [2.45, 2.75) is 117 Å². The summed E-state index contributed by atoms with van der Waals surface area (Å²) in [5, 5.41) is 0. The minimum atomic E-state index is -4.54. The molecule has 0 aliphatic carbocycles. The number of hydrogen-bond donors (Lipinski definition) is 2. The Hall–Kier alpha value is -0.870. The summed E-state index contributed by atoms with van der Waals surface area (Å²) in [6.45, 7) is 4.46. The van der Waals surface area contributed by atoms with Gasteiger partial charge in [-0.05, 0) is 64.0 Å². The molecule has 33 heavy (non-hydrogen) atoms. The molecule has 5 nitrogen and oxygen atoms in total. The molecule has 0 radical (unpaired) electrons. The van der Waals surface area contributed by atoms with Crippen LogP contribution in [0.1, 0.15) is 115 Å². The molecule has 0 aromatic heterocycles. The van der Waals surface area contributed by atoms with Gasteiger partial charge in [-0.1, -0.05) is 103 Å². The third kappa shape index (κ3) is 20.2. The summed E-state index contributed by atoms with van der Waals surface area (Å²) in [5.74, 6) is 0.366. The maximum atomic E-state index is 11.4. The predicted molar refractivity (Wildman–Crippen MR) is 142 cm³/mol. The third-order valence-electron chi connectivity index (χ3n) is 5.53. The number of aryl methyl sites for hydroxylation is 1. The minimum absolute atomic E-state index is 0.366. The van der Waals surface area contributed by atoms with Crippen LogP contribution in [0.15, 0.2) is 18.2 Å². The number of phosphoric acid groups is 1. The van der Waals surface area contributed by atoms with E-state index in [1.165, 1.54) is 76.2 Å². The van der Waals surface area contributed by atoms with E-state index in [0.29, 0.717) is 5.75 Å². The van der Waals surface area contributed by atoms with Crippen molar-refractivity contribution >= 4 is 7.82 Å². The predicted octanol–water partition coefficient (Wildman–Crippen LogP) is 7.92. The van der Waals surface area contributed by atoms with E-state index in [1.54, 1.807) is 6.07 Å². The van der Waals surface area contributed by atoms with E-state index < -0.39 is 7.82 Å². The smallest absolute Gasteiger partial charge is 0.404 e. The van der Waals surface area contributed by atoms with Crippen LogP contribution in [0, 0.1) is 0 Å². The lowest BCUT2D eigenvalue weighted by atomic mass is 9.95. The highest BCUT2D eigenvalue weighted by Crippen LogP contribution is 2.40. The van der Waals surface area contributed by atoms with Gasteiger partial charge in [-0.15, -0.1) is 0 Å². The van der Waals surface area contributed by atoms with Crippen LogP contribution >= 0.6 is 7.82 Å². The Morgan fingerprint density at radius 2 is 1.15 bits per heavy atom. The molecule has 0 saturated heterocycles. The van der Waals surface area contributed by atoms with Gasteiger partial charge in [0, 0.05) is 0 Å². The van der Waals surface area contributed by atoms with E-state index in [4.69, 9.17) is 4.52 Å².